The Bertz CT molecular complexity index is 883. The van der Waals surface area contributed by atoms with Crippen LogP contribution in [0.25, 0.3) is 0 Å². The topological polar surface area (TPSA) is 90.3 Å². The van der Waals surface area contributed by atoms with E-state index in [0.29, 0.717) is 22.4 Å². The highest BCUT2D eigenvalue weighted by atomic mass is 16.2. The summed E-state index contributed by atoms with van der Waals surface area (Å²) in [6.45, 7) is -0.358. The molecule has 0 atom stereocenters. The molecule has 1 N–H and O–H groups in total. The molecule has 118 valence electrons. The van der Waals surface area contributed by atoms with Crippen molar-refractivity contribution in [2.24, 2.45) is 0 Å². The molecule has 0 bridgehead atoms. The monoisotopic (exact) mass is 319 g/mol. The number of nitrogens with zero attached hydrogens (tertiary/aromatic N) is 2. The van der Waals surface area contributed by atoms with Gasteiger partial charge in [0.25, 0.3) is 5.91 Å². The van der Waals surface area contributed by atoms with E-state index in [9.17, 15) is 14.4 Å². The summed E-state index contributed by atoms with van der Waals surface area (Å²) in [5, 5.41) is 11.5. The molecule has 1 heterocycles. The standard InChI is InChI=1S/C18H13N3O3/c19-10-12-4-3-6-14(8-12)20-16(22)11-21-17(23)9-13-5-1-2-7-15(13)18(21)24/h1-8H,9,11H2,(H,20,22). The van der Waals surface area contributed by atoms with Crippen molar-refractivity contribution in [3.8, 4) is 6.07 Å². The van der Waals surface area contributed by atoms with E-state index in [1.54, 1.807) is 42.5 Å². The van der Waals surface area contributed by atoms with Gasteiger partial charge in [-0.3, -0.25) is 19.3 Å². The molecule has 0 saturated heterocycles. The molecule has 1 aliphatic heterocycles. The first-order valence-corrected chi connectivity index (χ1v) is 7.31. The van der Waals surface area contributed by atoms with Crippen LogP contribution >= 0.6 is 0 Å². The lowest BCUT2D eigenvalue weighted by Crippen LogP contribution is -2.46. The van der Waals surface area contributed by atoms with Gasteiger partial charge in [-0.25, -0.2) is 0 Å². The molecule has 0 aromatic heterocycles. The molecule has 6 nitrogen and oxygen atoms in total. The number of hydrogen-bond acceptors (Lipinski definition) is 4. The van der Waals surface area contributed by atoms with Crippen LogP contribution in [0.15, 0.2) is 48.5 Å². The second-order valence-electron chi connectivity index (χ2n) is 5.36. The summed E-state index contributed by atoms with van der Waals surface area (Å²) in [7, 11) is 0. The van der Waals surface area contributed by atoms with Gasteiger partial charge in [0.1, 0.15) is 6.54 Å². The van der Waals surface area contributed by atoms with Crippen molar-refractivity contribution >= 4 is 23.4 Å². The number of imide groups is 1. The fourth-order valence-corrected chi connectivity index (χ4v) is 2.57. The van der Waals surface area contributed by atoms with Gasteiger partial charge in [0.2, 0.25) is 11.8 Å². The van der Waals surface area contributed by atoms with E-state index < -0.39 is 17.7 Å². The highest BCUT2D eigenvalue weighted by Gasteiger charge is 2.31. The minimum Gasteiger partial charge on any atom is -0.324 e. The molecular formula is C18H13N3O3. The van der Waals surface area contributed by atoms with Gasteiger partial charge < -0.3 is 5.32 Å². The molecule has 0 fully saturated rings. The van der Waals surface area contributed by atoms with E-state index in [4.69, 9.17) is 5.26 Å². The van der Waals surface area contributed by atoms with Crippen LogP contribution in [0.4, 0.5) is 5.69 Å². The maximum absolute atomic E-state index is 12.4. The van der Waals surface area contributed by atoms with Crippen LogP contribution in [-0.4, -0.2) is 29.2 Å². The Labute approximate surface area is 138 Å². The van der Waals surface area contributed by atoms with Crippen molar-refractivity contribution in [1.29, 1.82) is 5.26 Å². The number of nitriles is 1. The van der Waals surface area contributed by atoms with Gasteiger partial charge in [-0.2, -0.15) is 5.26 Å². The molecule has 1 aliphatic rings. The van der Waals surface area contributed by atoms with Crippen molar-refractivity contribution in [3.05, 3.63) is 65.2 Å². The van der Waals surface area contributed by atoms with Crippen molar-refractivity contribution in [2.75, 3.05) is 11.9 Å². The minimum atomic E-state index is -0.494. The Hall–Kier alpha value is -3.46. The molecule has 2 aromatic rings. The number of fused-ring (bicyclic) bond motifs is 1. The fourth-order valence-electron chi connectivity index (χ4n) is 2.57. The number of amides is 3. The number of rotatable bonds is 3. The quantitative estimate of drug-likeness (QED) is 0.872. The van der Waals surface area contributed by atoms with Gasteiger partial charge >= 0.3 is 0 Å². The normalized spacial score (nSPS) is 13.2. The largest absolute Gasteiger partial charge is 0.324 e. The van der Waals surface area contributed by atoms with Crippen LogP contribution in [0.2, 0.25) is 0 Å². The van der Waals surface area contributed by atoms with E-state index in [-0.39, 0.29) is 13.0 Å². The van der Waals surface area contributed by atoms with E-state index in [1.807, 2.05) is 6.07 Å². The van der Waals surface area contributed by atoms with Crippen molar-refractivity contribution in [1.82, 2.24) is 4.90 Å². The van der Waals surface area contributed by atoms with Gasteiger partial charge in [0, 0.05) is 11.3 Å². The molecule has 2 aromatic carbocycles. The molecule has 3 amide bonds. The number of carbonyl (C=O) groups excluding carboxylic acids is 3. The second kappa shape index (κ2) is 6.34. The molecular weight excluding hydrogens is 306 g/mol. The van der Waals surface area contributed by atoms with Crippen molar-refractivity contribution < 1.29 is 14.4 Å². The third-order valence-corrected chi connectivity index (χ3v) is 3.71. The minimum absolute atomic E-state index is 0.0963. The van der Waals surface area contributed by atoms with Crippen LogP contribution in [0.1, 0.15) is 21.5 Å². The van der Waals surface area contributed by atoms with Gasteiger partial charge in [-0.1, -0.05) is 24.3 Å². The Morgan fingerprint density at radius 1 is 1.17 bits per heavy atom. The molecule has 24 heavy (non-hydrogen) atoms. The zero-order valence-corrected chi connectivity index (χ0v) is 12.7. The lowest BCUT2D eigenvalue weighted by atomic mass is 9.98. The zero-order chi connectivity index (χ0) is 17.1. The first kappa shape index (κ1) is 15.4. The van der Waals surface area contributed by atoms with Gasteiger partial charge in [-0.05, 0) is 29.8 Å². The highest BCUT2D eigenvalue weighted by Crippen LogP contribution is 2.19. The second-order valence-corrected chi connectivity index (χ2v) is 5.36. The van der Waals surface area contributed by atoms with Crippen molar-refractivity contribution in [3.63, 3.8) is 0 Å². The van der Waals surface area contributed by atoms with E-state index in [0.717, 1.165) is 4.90 Å². The average molecular weight is 319 g/mol. The first-order valence-electron chi connectivity index (χ1n) is 7.31. The summed E-state index contributed by atoms with van der Waals surface area (Å²) in [6.07, 6.45) is 0.0963. The van der Waals surface area contributed by atoms with Crippen LogP contribution in [0.3, 0.4) is 0 Å². The Balaban J connectivity index is 1.74. The molecule has 0 radical (unpaired) electrons. The highest BCUT2D eigenvalue weighted by molar-refractivity contribution is 6.12. The fraction of sp³-hybridized carbons (Fsp3) is 0.111. The van der Waals surface area contributed by atoms with Crippen LogP contribution < -0.4 is 5.32 Å². The SMILES string of the molecule is N#Cc1cccc(NC(=O)CN2C(=O)Cc3ccccc3C2=O)c1. The molecule has 6 heteroatoms. The number of hydrogen-bond donors (Lipinski definition) is 1. The number of anilines is 1. The van der Waals surface area contributed by atoms with Gasteiger partial charge in [0.15, 0.2) is 0 Å². The van der Waals surface area contributed by atoms with E-state index in [1.165, 1.54) is 6.07 Å². The van der Waals surface area contributed by atoms with Crippen LogP contribution in [-0.2, 0) is 16.0 Å². The summed E-state index contributed by atoms with van der Waals surface area (Å²) in [4.78, 5) is 37.6. The lowest BCUT2D eigenvalue weighted by molar-refractivity contribution is -0.131. The molecule has 0 unspecified atom stereocenters. The van der Waals surface area contributed by atoms with E-state index >= 15 is 0 Å². The molecule has 0 saturated carbocycles. The van der Waals surface area contributed by atoms with Crippen LogP contribution in [0, 0.1) is 11.3 Å². The van der Waals surface area contributed by atoms with E-state index in [2.05, 4.69) is 5.32 Å². The maximum Gasteiger partial charge on any atom is 0.261 e. The zero-order valence-electron chi connectivity index (χ0n) is 12.7. The predicted molar refractivity (Wildman–Crippen MR) is 86.0 cm³/mol. The number of carbonyl (C=O) groups is 3. The summed E-state index contributed by atoms with van der Waals surface area (Å²) in [5.74, 6) is -1.37. The Morgan fingerprint density at radius 2 is 1.96 bits per heavy atom. The first-order chi connectivity index (χ1) is 11.6. The molecule has 3 rings (SSSR count). The predicted octanol–water partition coefficient (Wildman–Crippen LogP) is 1.72. The molecule has 0 spiro atoms. The van der Waals surface area contributed by atoms with Crippen molar-refractivity contribution in [2.45, 2.75) is 6.42 Å². The summed E-state index contributed by atoms with van der Waals surface area (Å²) < 4.78 is 0. The average Bonchev–Trinajstić information content (AvgIpc) is 2.59. The van der Waals surface area contributed by atoms with Crippen LogP contribution in [0.5, 0.6) is 0 Å². The summed E-state index contributed by atoms with van der Waals surface area (Å²) >= 11 is 0. The third-order valence-electron chi connectivity index (χ3n) is 3.71. The summed E-state index contributed by atoms with van der Waals surface area (Å²) in [6, 6.07) is 15.3. The number of benzene rings is 2. The third kappa shape index (κ3) is 3.01. The smallest absolute Gasteiger partial charge is 0.261 e. The maximum atomic E-state index is 12.4. The Morgan fingerprint density at radius 3 is 2.75 bits per heavy atom. The summed E-state index contributed by atoms with van der Waals surface area (Å²) in [5.41, 5.74) is 1.96. The number of nitrogens with one attached hydrogen (secondary N) is 1. The van der Waals surface area contributed by atoms with Gasteiger partial charge in [-0.15, -0.1) is 0 Å². The lowest BCUT2D eigenvalue weighted by Gasteiger charge is -2.26. The Kier molecular flexibility index (Phi) is 4.08. The van der Waals surface area contributed by atoms with Gasteiger partial charge in [0.05, 0.1) is 18.1 Å². The molecule has 0 aliphatic carbocycles.